The van der Waals surface area contributed by atoms with Crippen LogP contribution in [0.2, 0.25) is 0 Å². The van der Waals surface area contributed by atoms with Crippen LogP contribution in [-0.4, -0.2) is 112 Å². The summed E-state index contributed by atoms with van der Waals surface area (Å²) in [6, 6.07) is -5.10. The summed E-state index contributed by atoms with van der Waals surface area (Å²) >= 11 is 0. The summed E-state index contributed by atoms with van der Waals surface area (Å²) in [5.74, 6) is -6.13. The summed E-state index contributed by atoms with van der Waals surface area (Å²) in [6.07, 6.45) is -0.440. The van der Waals surface area contributed by atoms with Crippen molar-refractivity contribution in [3.63, 3.8) is 0 Å². The number of rotatable bonds is 9. The first kappa shape index (κ1) is 37.3. The average molecular weight is 648 g/mol. The standard InChI is InChI=1S/C24H41N9O8S2/c1-5-33-15(7-6-8-28-23(26)27)21(40)29-10-16(35)31-13(9-17(36)37)20(39)32-18(19(25)38)24(3,4)43-42-11-14(22(33)41)30-12(2)34/h13-15,18H,5-11H2,1-4H3,(H2,25,38)(H,29,40)(H,30,34)(H,31,35)(H,32,39)(H,36,37)(H4,26,27,28)/t13-,14-,15-,18+/m0/s1. The van der Waals surface area contributed by atoms with Crippen LogP contribution in [0.15, 0.2) is 4.99 Å². The summed E-state index contributed by atoms with van der Waals surface area (Å²) in [7, 11) is 2.21. The summed E-state index contributed by atoms with van der Waals surface area (Å²) in [5, 5.41) is 19.0. The second-order valence-corrected chi connectivity index (χ2v) is 13.1. The van der Waals surface area contributed by atoms with Gasteiger partial charge in [0.25, 0.3) is 0 Å². The number of carbonyl (C=O) groups is 7. The van der Waals surface area contributed by atoms with Crippen LogP contribution in [0.25, 0.3) is 0 Å². The molecule has 0 saturated carbocycles. The second kappa shape index (κ2) is 17.4. The van der Waals surface area contributed by atoms with Gasteiger partial charge in [0.1, 0.15) is 24.2 Å². The minimum atomic E-state index is -1.60. The highest BCUT2D eigenvalue weighted by molar-refractivity contribution is 8.77. The second-order valence-electron chi connectivity index (χ2n) is 10.1. The molecule has 19 heteroatoms. The highest BCUT2D eigenvalue weighted by Gasteiger charge is 2.39. The largest absolute Gasteiger partial charge is 0.481 e. The van der Waals surface area contributed by atoms with E-state index in [2.05, 4.69) is 26.3 Å². The van der Waals surface area contributed by atoms with Gasteiger partial charge in [0, 0.05) is 30.5 Å². The molecule has 1 aliphatic rings. The molecule has 0 aromatic heterocycles. The SMILES string of the molecule is CCN1C(=O)[C@@H](NC(C)=O)CSSC(C)(C)[C@@H](C(N)=O)NC(=O)[C@H](CC(=O)O)NC(=O)CNC(=O)[C@@H]1CCCN=C(N)N. The normalized spacial score (nSPS) is 24.0. The van der Waals surface area contributed by atoms with Gasteiger partial charge in [-0.2, -0.15) is 0 Å². The number of carbonyl (C=O) groups excluding carboxylic acids is 6. The van der Waals surface area contributed by atoms with E-state index in [1.807, 2.05) is 0 Å². The number of nitrogens with zero attached hydrogens (tertiary/aromatic N) is 2. The third-order valence-electron chi connectivity index (χ3n) is 6.14. The Morgan fingerprint density at radius 1 is 1.12 bits per heavy atom. The molecule has 11 N–H and O–H groups in total. The molecule has 1 fully saturated rings. The maximum Gasteiger partial charge on any atom is 0.305 e. The van der Waals surface area contributed by atoms with E-state index in [1.54, 1.807) is 20.8 Å². The number of likely N-dealkylation sites (N-methyl/N-ethyl adjacent to an activating group) is 1. The van der Waals surface area contributed by atoms with Gasteiger partial charge in [-0.15, -0.1) is 0 Å². The number of carboxylic acid groups (broad SMARTS) is 1. The van der Waals surface area contributed by atoms with E-state index in [9.17, 15) is 38.7 Å². The lowest BCUT2D eigenvalue weighted by Crippen LogP contribution is -2.60. The van der Waals surface area contributed by atoms with Crippen molar-refractivity contribution in [2.75, 3.05) is 25.4 Å². The Bertz CT molecular complexity index is 1100. The zero-order valence-electron chi connectivity index (χ0n) is 24.5. The molecule has 0 aromatic rings. The smallest absolute Gasteiger partial charge is 0.305 e. The number of nitrogens with one attached hydrogen (secondary N) is 4. The quantitative estimate of drug-likeness (QED) is 0.0537. The molecule has 0 radical (unpaired) electrons. The van der Waals surface area contributed by atoms with Gasteiger partial charge in [-0.25, -0.2) is 0 Å². The van der Waals surface area contributed by atoms with Crippen molar-refractivity contribution in [2.45, 2.75) is 75.9 Å². The number of amides is 6. The summed E-state index contributed by atoms with van der Waals surface area (Å²) in [5.41, 5.74) is 16.3. The fourth-order valence-electron chi connectivity index (χ4n) is 4.12. The molecule has 4 atom stereocenters. The predicted molar refractivity (Wildman–Crippen MR) is 161 cm³/mol. The highest BCUT2D eigenvalue weighted by atomic mass is 33.1. The number of guanidine groups is 1. The van der Waals surface area contributed by atoms with Gasteiger partial charge < -0.3 is 48.5 Å². The molecule has 0 aromatic carbocycles. The maximum atomic E-state index is 13.7. The fourth-order valence-corrected chi connectivity index (χ4v) is 6.94. The highest BCUT2D eigenvalue weighted by Crippen LogP contribution is 2.38. The van der Waals surface area contributed by atoms with Crippen LogP contribution in [0.5, 0.6) is 0 Å². The number of hydrogen-bond donors (Lipinski definition) is 8. The van der Waals surface area contributed by atoms with Gasteiger partial charge in [-0.3, -0.25) is 38.6 Å². The summed E-state index contributed by atoms with van der Waals surface area (Å²) < 4.78 is -1.10. The van der Waals surface area contributed by atoms with E-state index in [1.165, 1.54) is 11.8 Å². The molecule has 43 heavy (non-hydrogen) atoms. The number of primary amides is 1. The Morgan fingerprint density at radius 2 is 1.77 bits per heavy atom. The van der Waals surface area contributed by atoms with Gasteiger partial charge >= 0.3 is 5.97 Å². The van der Waals surface area contributed by atoms with Gasteiger partial charge in [0.05, 0.1) is 13.0 Å². The molecule has 0 aliphatic carbocycles. The van der Waals surface area contributed by atoms with Crippen molar-refractivity contribution in [3.8, 4) is 0 Å². The molecular weight excluding hydrogens is 606 g/mol. The molecule has 1 rings (SSSR count). The molecule has 242 valence electrons. The molecule has 6 amide bonds. The molecule has 1 heterocycles. The fraction of sp³-hybridized carbons (Fsp3) is 0.667. The zero-order chi connectivity index (χ0) is 32.9. The number of aliphatic imine (C=N–C) groups is 1. The number of nitrogens with two attached hydrogens (primary N) is 3. The Balaban J connectivity index is 3.53. The number of aliphatic carboxylic acids is 1. The van der Waals surface area contributed by atoms with Crippen molar-refractivity contribution in [3.05, 3.63) is 0 Å². The van der Waals surface area contributed by atoms with Crippen LogP contribution in [0.1, 0.15) is 47.0 Å². The topological polar surface area (TPSA) is 282 Å². The van der Waals surface area contributed by atoms with Gasteiger partial charge in [0.15, 0.2) is 5.96 Å². The lowest BCUT2D eigenvalue weighted by Gasteiger charge is -2.34. The Hall–Kier alpha value is -3.74. The molecule has 1 aliphatic heterocycles. The van der Waals surface area contributed by atoms with Crippen molar-refractivity contribution >= 4 is 69.0 Å². The molecule has 0 spiro atoms. The van der Waals surface area contributed by atoms with Crippen molar-refractivity contribution in [2.24, 2.45) is 22.2 Å². The van der Waals surface area contributed by atoms with Crippen LogP contribution in [0, 0.1) is 0 Å². The minimum Gasteiger partial charge on any atom is -0.481 e. The first-order chi connectivity index (χ1) is 20.0. The van der Waals surface area contributed by atoms with Crippen LogP contribution in [0.3, 0.4) is 0 Å². The molecule has 0 bridgehead atoms. The van der Waals surface area contributed by atoms with E-state index in [-0.39, 0.29) is 37.6 Å². The Morgan fingerprint density at radius 3 is 2.30 bits per heavy atom. The molecule has 17 nitrogen and oxygen atoms in total. The van der Waals surface area contributed by atoms with Crippen LogP contribution in [0.4, 0.5) is 0 Å². The lowest BCUT2D eigenvalue weighted by atomic mass is 10.0. The van der Waals surface area contributed by atoms with Gasteiger partial charge in [-0.1, -0.05) is 21.6 Å². The first-order valence-electron chi connectivity index (χ1n) is 13.3. The van der Waals surface area contributed by atoms with Crippen molar-refractivity contribution in [1.29, 1.82) is 0 Å². The van der Waals surface area contributed by atoms with Crippen molar-refractivity contribution < 1.29 is 38.7 Å². The average Bonchev–Trinajstić information content (AvgIpc) is 2.89. The van der Waals surface area contributed by atoms with Crippen LogP contribution < -0.4 is 38.5 Å². The van der Waals surface area contributed by atoms with Crippen LogP contribution in [-0.2, 0) is 33.6 Å². The molecule has 1 saturated heterocycles. The number of carboxylic acids is 1. The van der Waals surface area contributed by atoms with E-state index in [0.717, 1.165) is 21.6 Å². The first-order valence-corrected chi connectivity index (χ1v) is 15.6. The monoisotopic (exact) mass is 647 g/mol. The molecule has 0 unspecified atom stereocenters. The Labute approximate surface area is 257 Å². The third-order valence-corrected chi connectivity index (χ3v) is 9.44. The number of hydrogen-bond acceptors (Lipinski definition) is 10. The van der Waals surface area contributed by atoms with E-state index in [4.69, 9.17) is 17.2 Å². The van der Waals surface area contributed by atoms with Gasteiger partial charge in [-0.05, 0) is 33.6 Å². The van der Waals surface area contributed by atoms with E-state index in [0.29, 0.717) is 0 Å². The predicted octanol–water partition coefficient (Wildman–Crippen LogP) is -3.02. The summed E-state index contributed by atoms with van der Waals surface area (Å²) in [6.45, 7) is 5.63. The van der Waals surface area contributed by atoms with Crippen LogP contribution >= 0.6 is 21.6 Å². The van der Waals surface area contributed by atoms with E-state index < -0.39 is 83.3 Å². The third kappa shape index (κ3) is 12.6. The maximum absolute atomic E-state index is 13.7. The summed E-state index contributed by atoms with van der Waals surface area (Å²) in [4.78, 5) is 93.7. The molecular formula is C24H41N9O8S2. The minimum absolute atomic E-state index is 0.00641. The van der Waals surface area contributed by atoms with Gasteiger partial charge in [0.2, 0.25) is 35.4 Å². The van der Waals surface area contributed by atoms with Crippen molar-refractivity contribution in [1.82, 2.24) is 26.2 Å². The van der Waals surface area contributed by atoms with E-state index >= 15 is 0 Å². The lowest BCUT2D eigenvalue weighted by molar-refractivity contribution is -0.143. The zero-order valence-corrected chi connectivity index (χ0v) is 26.1. The Kier molecular flexibility index (Phi) is 15.1.